The molecule has 2 nitrogen and oxygen atoms in total. The molecule has 0 aliphatic heterocycles. The van der Waals surface area contributed by atoms with E-state index in [0.29, 0.717) is 6.54 Å². The molecule has 0 aromatic carbocycles. The van der Waals surface area contributed by atoms with Gasteiger partial charge in [-0.1, -0.05) is 76.9 Å². The molecule has 0 bridgehead atoms. The van der Waals surface area contributed by atoms with Crippen LogP contribution in [0.25, 0.3) is 0 Å². The molecule has 0 heterocycles. The number of unbranched alkanes of at least 4 members (excludes halogenated alkanes) is 12. The first-order valence-electron chi connectivity index (χ1n) is 8.91. The van der Waals surface area contributed by atoms with Crippen molar-refractivity contribution in [2.45, 2.75) is 96.8 Å². The molecular formula is C18H36NO-. The van der Waals surface area contributed by atoms with E-state index in [-0.39, 0.29) is 0 Å². The number of hydroxylamine groups is 1. The average molecular weight is 282 g/mol. The molecule has 0 saturated heterocycles. The van der Waals surface area contributed by atoms with E-state index in [0.717, 1.165) is 6.42 Å². The number of rotatable bonds is 16. The van der Waals surface area contributed by atoms with Gasteiger partial charge in [0.1, 0.15) is 0 Å². The summed E-state index contributed by atoms with van der Waals surface area (Å²) in [6, 6.07) is 0. The summed E-state index contributed by atoms with van der Waals surface area (Å²) in [5, 5.41) is 10.0. The number of allylic oxidation sites excluding steroid dienone is 2. The summed E-state index contributed by atoms with van der Waals surface area (Å²) >= 11 is 0. The first-order chi connectivity index (χ1) is 9.91. The Morgan fingerprint density at radius 3 is 1.60 bits per heavy atom. The van der Waals surface area contributed by atoms with Crippen LogP contribution in [0.15, 0.2) is 12.2 Å². The highest BCUT2D eigenvalue weighted by atomic mass is 16.5. The number of nitrogens with one attached hydrogen (secondary N) is 1. The zero-order chi connectivity index (χ0) is 14.7. The Hall–Kier alpha value is -0.340. The van der Waals surface area contributed by atoms with E-state index in [4.69, 9.17) is 0 Å². The maximum atomic E-state index is 10.0. The van der Waals surface area contributed by atoms with Crippen LogP contribution >= 0.6 is 0 Å². The fraction of sp³-hybridized carbons (Fsp3) is 0.889. The third-order valence-electron chi connectivity index (χ3n) is 3.79. The van der Waals surface area contributed by atoms with E-state index < -0.39 is 0 Å². The molecule has 0 amide bonds. The standard InChI is InChI=1S/C18H36NO/c1-2-3-4-5-6-7-8-9-10-11-12-13-14-15-16-17-18-19-20/h9-10,19H,2-8,11-18H2,1H3/q-1/b10-9+. The van der Waals surface area contributed by atoms with Gasteiger partial charge in [0.05, 0.1) is 0 Å². The summed E-state index contributed by atoms with van der Waals surface area (Å²) in [6.45, 7) is 2.90. The van der Waals surface area contributed by atoms with Crippen molar-refractivity contribution in [1.82, 2.24) is 5.48 Å². The molecule has 0 atom stereocenters. The average Bonchev–Trinajstić information content (AvgIpc) is 2.47. The SMILES string of the molecule is CCCCCCCC/C=C/CCCCCCCCN[O-]. The first-order valence-corrected chi connectivity index (χ1v) is 8.91. The number of hydrogen-bond donors (Lipinski definition) is 1. The Balaban J connectivity index is 3.01. The summed E-state index contributed by atoms with van der Waals surface area (Å²) in [7, 11) is 0. The van der Waals surface area contributed by atoms with E-state index in [1.54, 1.807) is 0 Å². The highest BCUT2D eigenvalue weighted by Gasteiger charge is 1.90. The Bertz CT molecular complexity index is 192. The molecule has 0 aromatic heterocycles. The molecule has 0 radical (unpaired) electrons. The van der Waals surface area contributed by atoms with Crippen molar-refractivity contribution in [1.29, 1.82) is 0 Å². The van der Waals surface area contributed by atoms with Crippen molar-refractivity contribution in [2.75, 3.05) is 6.54 Å². The second-order valence-electron chi connectivity index (χ2n) is 5.83. The van der Waals surface area contributed by atoms with Gasteiger partial charge in [-0.05, 0) is 38.6 Å². The Kier molecular flexibility index (Phi) is 18.3. The van der Waals surface area contributed by atoms with Crippen molar-refractivity contribution in [3.63, 3.8) is 0 Å². The molecular weight excluding hydrogens is 246 g/mol. The lowest BCUT2D eigenvalue weighted by Crippen LogP contribution is -2.04. The highest BCUT2D eigenvalue weighted by molar-refractivity contribution is 4.81. The molecule has 0 saturated carbocycles. The molecule has 0 aliphatic carbocycles. The fourth-order valence-electron chi connectivity index (χ4n) is 2.44. The van der Waals surface area contributed by atoms with Crippen LogP contribution in [0.4, 0.5) is 0 Å². The topological polar surface area (TPSA) is 35.1 Å². The van der Waals surface area contributed by atoms with Crippen LogP contribution in [-0.4, -0.2) is 6.54 Å². The van der Waals surface area contributed by atoms with Crippen LogP contribution in [-0.2, 0) is 0 Å². The largest absolute Gasteiger partial charge is 0.788 e. The summed E-state index contributed by atoms with van der Waals surface area (Å²) in [6.07, 6.45) is 23.1. The lowest BCUT2D eigenvalue weighted by atomic mass is 10.1. The third kappa shape index (κ3) is 17.7. The van der Waals surface area contributed by atoms with E-state index >= 15 is 0 Å². The van der Waals surface area contributed by atoms with Crippen molar-refractivity contribution in [2.24, 2.45) is 0 Å². The smallest absolute Gasteiger partial charge is 0.0170 e. The quantitative estimate of drug-likeness (QED) is 0.210. The van der Waals surface area contributed by atoms with E-state index in [2.05, 4.69) is 19.1 Å². The van der Waals surface area contributed by atoms with Crippen molar-refractivity contribution in [3.05, 3.63) is 17.4 Å². The maximum absolute atomic E-state index is 10.0. The van der Waals surface area contributed by atoms with E-state index in [1.165, 1.54) is 83.5 Å². The van der Waals surface area contributed by atoms with Gasteiger partial charge in [-0.3, -0.25) is 0 Å². The molecule has 0 unspecified atom stereocenters. The van der Waals surface area contributed by atoms with Crippen LogP contribution in [0.1, 0.15) is 96.8 Å². The van der Waals surface area contributed by atoms with Gasteiger partial charge >= 0.3 is 0 Å². The van der Waals surface area contributed by atoms with Crippen LogP contribution in [0.3, 0.4) is 0 Å². The van der Waals surface area contributed by atoms with Crippen LogP contribution in [0.5, 0.6) is 0 Å². The van der Waals surface area contributed by atoms with Crippen molar-refractivity contribution < 1.29 is 0 Å². The van der Waals surface area contributed by atoms with Crippen LogP contribution in [0.2, 0.25) is 0 Å². The lowest BCUT2D eigenvalue weighted by molar-refractivity contribution is 0.588. The normalized spacial score (nSPS) is 11.5. The Morgan fingerprint density at radius 1 is 0.650 bits per heavy atom. The second-order valence-corrected chi connectivity index (χ2v) is 5.83. The predicted octanol–water partition coefficient (Wildman–Crippen LogP) is 6.11. The molecule has 0 fully saturated rings. The van der Waals surface area contributed by atoms with Gasteiger partial charge in [-0.2, -0.15) is 0 Å². The molecule has 2 heteroatoms. The van der Waals surface area contributed by atoms with Gasteiger partial charge in [0, 0.05) is 0 Å². The predicted molar refractivity (Wildman–Crippen MR) is 90.8 cm³/mol. The Labute approximate surface area is 127 Å². The molecule has 0 aliphatic rings. The molecule has 0 rings (SSSR count). The van der Waals surface area contributed by atoms with Gasteiger partial charge < -0.3 is 10.7 Å². The summed E-state index contributed by atoms with van der Waals surface area (Å²) < 4.78 is 0. The van der Waals surface area contributed by atoms with Crippen molar-refractivity contribution in [3.8, 4) is 0 Å². The summed E-state index contributed by atoms with van der Waals surface area (Å²) in [4.78, 5) is 0. The molecule has 20 heavy (non-hydrogen) atoms. The van der Waals surface area contributed by atoms with Crippen LogP contribution in [0, 0.1) is 5.21 Å². The highest BCUT2D eigenvalue weighted by Crippen LogP contribution is 2.09. The minimum absolute atomic E-state index is 0.626. The number of hydrogen-bond acceptors (Lipinski definition) is 2. The maximum Gasteiger partial charge on any atom is -0.0170 e. The fourth-order valence-corrected chi connectivity index (χ4v) is 2.44. The van der Waals surface area contributed by atoms with Gasteiger partial charge in [-0.15, -0.1) is 0 Å². The summed E-state index contributed by atoms with van der Waals surface area (Å²) in [5.41, 5.74) is 1.96. The van der Waals surface area contributed by atoms with Gasteiger partial charge in [-0.25, -0.2) is 0 Å². The minimum Gasteiger partial charge on any atom is -0.788 e. The minimum atomic E-state index is 0.626. The summed E-state index contributed by atoms with van der Waals surface area (Å²) in [5.74, 6) is 0. The van der Waals surface area contributed by atoms with Gasteiger partial charge in [0.25, 0.3) is 0 Å². The first kappa shape index (κ1) is 19.7. The van der Waals surface area contributed by atoms with Crippen molar-refractivity contribution >= 4 is 0 Å². The molecule has 0 spiro atoms. The van der Waals surface area contributed by atoms with E-state index in [1.807, 2.05) is 5.48 Å². The molecule has 0 aromatic rings. The monoisotopic (exact) mass is 282 g/mol. The lowest BCUT2D eigenvalue weighted by Gasteiger charge is -2.05. The second kappa shape index (κ2) is 18.7. The third-order valence-corrected chi connectivity index (χ3v) is 3.79. The van der Waals surface area contributed by atoms with Gasteiger partial charge in [0.15, 0.2) is 0 Å². The molecule has 1 N–H and O–H groups in total. The van der Waals surface area contributed by atoms with E-state index in [9.17, 15) is 5.21 Å². The zero-order valence-electron chi connectivity index (χ0n) is 13.7. The van der Waals surface area contributed by atoms with Crippen LogP contribution < -0.4 is 5.48 Å². The zero-order valence-corrected chi connectivity index (χ0v) is 13.7. The Morgan fingerprint density at radius 2 is 1.10 bits per heavy atom. The molecule has 120 valence electrons. The van der Waals surface area contributed by atoms with Gasteiger partial charge in [0.2, 0.25) is 0 Å².